The second kappa shape index (κ2) is 8.58. The molecule has 1 aliphatic heterocycles. The smallest absolute Gasteiger partial charge is 0.261 e. The molecule has 0 saturated carbocycles. The third-order valence-electron chi connectivity index (χ3n) is 8.93. The third kappa shape index (κ3) is 3.96. The first-order chi connectivity index (χ1) is 18.3. The standard InChI is InChI=1S/C29H30F2N2O6/c1-13-6-18-10-17-9-16-8-15-3-2-14(11-33-5-4-28(30,31)12-33)7-19(15)24(34)20(16)25(35)21(17)26(36)23(18)29(38,39)22(13)27(32)37/h2-3,7-8,17-18,23,34,36,38-39H,4-6,9-12H2,1H3,(H2,32,37)/t17?,18-,23?/m1/s1. The molecule has 0 bridgehead atoms. The second-order valence-electron chi connectivity index (χ2n) is 11.6. The lowest BCUT2D eigenvalue weighted by atomic mass is 9.60. The van der Waals surface area contributed by atoms with E-state index in [0.717, 1.165) is 0 Å². The van der Waals surface area contributed by atoms with Gasteiger partial charge in [0.05, 0.1) is 23.6 Å². The fourth-order valence-electron chi connectivity index (χ4n) is 7.38. The molecule has 1 heterocycles. The second-order valence-corrected chi connectivity index (χ2v) is 11.6. The van der Waals surface area contributed by atoms with Gasteiger partial charge in [0.1, 0.15) is 11.5 Å². The number of nitrogens with zero attached hydrogens (tertiary/aromatic N) is 1. The number of carbonyl (C=O) groups excluding carboxylic acids is 2. The first-order valence-corrected chi connectivity index (χ1v) is 13.1. The quantitative estimate of drug-likeness (QED) is 0.377. The number of alkyl halides is 2. The van der Waals surface area contributed by atoms with E-state index in [0.29, 0.717) is 46.7 Å². The fraction of sp³-hybridized carbons (Fsp3) is 0.448. The number of rotatable bonds is 3. The predicted molar refractivity (Wildman–Crippen MR) is 137 cm³/mol. The molecule has 39 heavy (non-hydrogen) atoms. The van der Waals surface area contributed by atoms with Crippen LogP contribution in [-0.2, 0) is 17.8 Å². The first-order valence-electron chi connectivity index (χ1n) is 13.1. The van der Waals surface area contributed by atoms with E-state index in [4.69, 9.17) is 5.73 Å². The Morgan fingerprint density at radius 2 is 1.92 bits per heavy atom. The molecule has 4 aliphatic rings. The lowest BCUT2D eigenvalue weighted by molar-refractivity contribution is -0.191. The number of phenols is 1. The zero-order valence-corrected chi connectivity index (χ0v) is 21.4. The van der Waals surface area contributed by atoms with E-state index in [1.165, 1.54) is 0 Å². The summed E-state index contributed by atoms with van der Waals surface area (Å²) in [4.78, 5) is 27.4. The van der Waals surface area contributed by atoms with Crippen LogP contribution in [0.1, 0.15) is 47.7 Å². The van der Waals surface area contributed by atoms with E-state index in [2.05, 4.69) is 0 Å². The van der Waals surface area contributed by atoms with Crippen molar-refractivity contribution in [2.45, 2.75) is 50.9 Å². The lowest BCUT2D eigenvalue weighted by Crippen LogP contribution is -2.54. The topological polar surface area (TPSA) is 144 Å². The van der Waals surface area contributed by atoms with Gasteiger partial charge in [-0.15, -0.1) is 0 Å². The molecule has 0 spiro atoms. The van der Waals surface area contributed by atoms with Crippen molar-refractivity contribution < 1.29 is 38.8 Å². The molecule has 0 aromatic heterocycles. The van der Waals surface area contributed by atoms with Gasteiger partial charge in [-0.1, -0.05) is 23.8 Å². The van der Waals surface area contributed by atoms with Crippen molar-refractivity contribution in [3.8, 4) is 5.75 Å². The van der Waals surface area contributed by atoms with Crippen molar-refractivity contribution in [2.75, 3.05) is 13.1 Å². The van der Waals surface area contributed by atoms with Gasteiger partial charge in [-0.05, 0) is 60.6 Å². The summed E-state index contributed by atoms with van der Waals surface area (Å²) in [6, 6.07) is 7.14. The predicted octanol–water partition coefficient (Wildman–Crippen LogP) is 3.08. The van der Waals surface area contributed by atoms with Crippen LogP contribution in [0.15, 0.2) is 46.7 Å². The van der Waals surface area contributed by atoms with Gasteiger partial charge in [0, 0.05) is 30.5 Å². The Kier molecular flexibility index (Phi) is 5.70. The Bertz CT molecular complexity index is 1510. The van der Waals surface area contributed by atoms with Gasteiger partial charge < -0.3 is 26.2 Å². The largest absolute Gasteiger partial charge is 0.511 e. The average Bonchev–Trinajstić information content (AvgIpc) is 3.15. The maximum absolute atomic E-state index is 13.8. The van der Waals surface area contributed by atoms with Crippen LogP contribution in [0.2, 0.25) is 0 Å². The van der Waals surface area contributed by atoms with Gasteiger partial charge in [0.2, 0.25) is 11.7 Å². The van der Waals surface area contributed by atoms with E-state index in [-0.39, 0.29) is 48.5 Å². The van der Waals surface area contributed by atoms with Gasteiger partial charge in [0.15, 0.2) is 5.78 Å². The Hall–Kier alpha value is -3.34. The van der Waals surface area contributed by atoms with E-state index in [1.54, 1.807) is 24.0 Å². The molecule has 3 atom stereocenters. The Labute approximate surface area is 223 Å². The molecule has 10 heteroatoms. The molecule has 6 rings (SSSR count). The highest BCUT2D eigenvalue weighted by molar-refractivity contribution is 6.16. The van der Waals surface area contributed by atoms with Crippen molar-refractivity contribution in [2.24, 2.45) is 23.5 Å². The molecule has 3 aliphatic carbocycles. The van der Waals surface area contributed by atoms with Crippen molar-refractivity contribution in [3.05, 3.63) is 63.4 Å². The van der Waals surface area contributed by atoms with Gasteiger partial charge in [-0.2, -0.15) is 0 Å². The van der Waals surface area contributed by atoms with Gasteiger partial charge >= 0.3 is 0 Å². The summed E-state index contributed by atoms with van der Waals surface area (Å²) in [5.74, 6) is -9.98. The number of carbonyl (C=O) groups is 2. The van der Waals surface area contributed by atoms with Crippen LogP contribution >= 0.6 is 0 Å². The first kappa shape index (κ1) is 25.9. The van der Waals surface area contributed by atoms with Crippen LogP contribution in [0, 0.1) is 17.8 Å². The molecule has 0 radical (unpaired) electrons. The van der Waals surface area contributed by atoms with Crippen LogP contribution in [0.25, 0.3) is 10.8 Å². The molecular weight excluding hydrogens is 510 g/mol. The summed E-state index contributed by atoms with van der Waals surface area (Å²) in [6.45, 7) is 1.81. The van der Waals surface area contributed by atoms with E-state index in [1.807, 2.05) is 12.1 Å². The number of aromatic hydroxyl groups is 1. The Morgan fingerprint density at radius 1 is 1.18 bits per heavy atom. The number of primary amides is 1. The maximum atomic E-state index is 13.8. The SMILES string of the molecule is CC1=C(C(N)=O)C(O)(O)C2C(O)=C3C(=O)c4c(cc5ccc(CN6CCC(F)(F)C6)cc5c4O)CC3C[C@H]2C1. The number of likely N-dealkylation sites (tertiary alicyclic amines) is 1. The highest BCUT2D eigenvalue weighted by Crippen LogP contribution is 2.53. The fourth-order valence-corrected chi connectivity index (χ4v) is 7.38. The van der Waals surface area contributed by atoms with Crippen molar-refractivity contribution in [1.29, 1.82) is 0 Å². The van der Waals surface area contributed by atoms with Crippen LogP contribution in [0.3, 0.4) is 0 Å². The summed E-state index contributed by atoms with van der Waals surface area (Å²) >= 11 is 0. The molecule has 6 N–H and O–H groups in total. The molecule has 2 aromatic rings. The highest BCUT2D eigenvalue weighted by Gasteiger charge is 2.56. The molecule has 2 unspecified atom stereocenters. The number of allylic oxidation sites excluding steroid dienone is 2. The Morgan fingerprint density at radius 3 is 2.59 bits per heavy atom. The number of hydrogen-bond acceptors (Lipinski definition) is 7. The maximum Gasteiger partial charge on any atom is 0.261 e. The minimum Gasteiger partial charge on any atom is -0.511 e. The number of amides is 1. The zero-order chi connectivity index (χ0) is 28.0. The summed E-state index contributed by atoms with van der Waals surface area (Å²) in [5.41, 5.74) is 6.85. The average molecular weight is 541 g/mol. The minimum atomic E-state index is -2.74. The number of benzene rings is 2. The van der Waals surface area contributed by atoms with E-state index < -0.39 is 46.9 Å². The normalized spacial score (nSPS) is 27.9. The number of Topliss-reactive ketones (excluding diaryl/α,β-unsaturated/α-hetero) is 1. The molecule has 2 aromatic carbocycles. The van der Waals surface area contributed by atoms with E-state index >= 15 is 0 Å². The van der Waals surface area contributed by atoms with E-state index in [9.17, 15) is 38.8 Å². The summed E-state index contributed by atoms with van der Waals surface area (Å²) < 4.78 is 27.3. The number of ketones is 1. The monoisotopic (exact) mass is 540 g/mol. The van der Waals surface area contributed by atoms with Gasteiger partial charge in [-0.25, -0.2) is 8.78 Å². The number of aliphatic hydroxyl groups is 3. The Balaban J connectivity index is 1.40. The number of fused-ring (bicyclic) bond motifs is 4. The van der Waals surface area contributed by atoms with Crippen LogP contribution in [0.4, 0.5) is 8.78 Å². The number of phenolic OH excluding ortho intramolecular Hbond substituents is 1. The number of nitrogens with two attached hydrogens (primary N) is 1. The van der Waals surface area contributed by atoms with Crippen LogP contribution < -0.4 is 5.73 Å². The molecular formula is C29H30F2N2O6. The molecule has 1 amide bonds. The van der Waals surface area contributed by atoms with Crippen molar-refractivity contribution in [1.82, 2.24) is 4.90 Å². The van der Waals surface area contributed by atoms with Gasteiger partial charge in [-0.3, -0.25) is 14.5 Å². The summed E-state index contributed by atoms with van der Waals surface area (Å²) in [7, 11) is 0. The molecule has 8 nitrogen and oxygen atoms in total. The highest BCUT2D eigenvalue weighted by atomic mass is 19.3. The third-order valence-corrected chi connectivity index (χ3v) is 8.93. The number of aliphatic hydroxyl groups excluding tert-OH is 1. The van der Waals surface area contributed by atoms with Gasteiger partial charge in [0.25, 0.3) is 5.92 Å². The number of hydrogen-bond donors (Lipinski definition) is 5. The lowest BCUT2D eigenvalue weighted by Gasteiger charge is -2.47. The molecule has 206 valence electrons. The number of halogens is 2. The van der Waals surface area contributed by atoms with Crippen molar-refractivity contribution >= 4 is 22.5 Å². The van der Waals surface area contributed by atoms with Crippen LogP contribution in [-0.4, -0.2) is 61.8 Å². The van der Waals surface area contributed by atoms with Crippen molar-refractivity contribution in [3.63, 3.8) is 0 Å². The zero-order valence-electron chi connectivity index (χ0n) is 21.4. The summed E-state index contributed by atoms with van der Waals surface area (Å²) in [5, 5.41) is 45.6. The minimum absolute atomic E-state index is 0.00435. The molecule has 1 saturated heterocycles. The van der Waals surface area contributed by atoms with Crippen LogP contribution in [0.5, 0.6) is 5.75 Å². The summed E-state index contributed by atoms with van der Waals surface area (Å²) in [6.07, 6.45) is 0.844. The molecule has 1 fully saturated rings.